The van der Waals surface area contributed by atoms with Crippen molar-refractivity contribution in [2.24, 2.45) is 23.2 Å². The average Bonchev–Trinajstić information content (AvgIpc) is 2.45. The highest BCUT2D eigenvalue weighted by Crippen LogP contribution is 2.61. The molecule has 4 bridgehead atoms. The van der Waals surface area contributed by atoms with E-state index < -0.39 is 0 Å². The van der Waals surface area contributed by atoms with Gasteiger partial charge in [-0.15, -0.1) is 0 Å². The van der Waals surface area contributed by atoms with Gasteiger partial charge < -0.3 is 5.32 Å². The van der Waals surface area contributed by atoms with E-state index in [2.05, 4.69) is 24.4 Å². The van der Waals surface area contributed by atoms with Crippen LogP contribution in [0.25, 0.3) is 0 Å². The normalized spacial score (nSPS) is 35.6. The number of hydrogen-bond donors (Lipinski definition) is 1. The molecule has 0 spiro atoms. The van der Waals surface area contributed by atoms with Crippen molar-refractivity contribution in [2.45, 2.75) is 58.3 Å². The van der Waals surface area contributed by atoms with E-state index in [1.54, 1.807) is 0 Å². The number of carbonyl (C=O) groups is 1. The Morgan fingerprint density at radius 3 is 2.36 bits per heavy atom. The Morgan fingerprint density at radius 2 is 1.77 bits per heavy atom. The Balaban J connectivity index is 1.43. The van der Waals surface area contributed by atoms with Gasteiger partial charge in [0, 0.05) is 12.1 Å². The second kappa shape index (κ2) is 5.40. The zero-order valence-corrected chi connectivity index (χ0v) is 13.6. The summed E-state index contributed by atoms with van der Waals surface area (Å²) in [6.07, 6.45) is 10.0. The molecule has 0 aliphatic heterocycles. The molecule has 0 atom stereocenters. The first-order valence-corrected chi connectivity index (χ1v) is 9.03. The number of hydrogen-bond acceptors (Lipinski definition) is 1. The summed E-state index contributed by atoms with van der Waals surface area (Å²) in [6.45, 7) is 2.15. The summed E-state index contributed by atoms with van der Waals surface area (Å²) in [4.78, 5) is 12.6. The summed E-state index contributed by atoms with van der Waals surface area (Å²) in [6, 6.07) is 8.28. The van der Waals surface area contributed by atoms with E-state index in [4.69, 9.17) is 0 Å². The molecular weight excluding hydrogens is 270 g/mol. The molecule has 22 heavy (non-hydrogen) atoms. The third kappa shape index (κ3) is 2.68. The van der Waals surface area contributed by atoms with Gasteiger partial charge in [-0.25, -0.2) is 0 Å². The Bertz CT molecular complexity index is 542. The predicted molar refractivity (Wildman–Crippen MR) is 89.7 cm³/mol. The summed E-state index contributed by atoms with van der Waals surface area (Å²) >= 11 is 0. The largest absolute Gasteiger partial charge is 0.326 e. The maximum atomic E-state index is 12.6. The molecule has 1 aromatic rings. The quantitative estimate of drug-likeness (QED) is 0.850. The highest BCUT2D eigenvalue weighted by atomic mass is 16.1. The van der Waals surface area contributed by atoms with E-state index >= 15 is 0 Å². The summed E-state index contributed by atoms with van der Waals surface area (Å²) in [5.74, 6) is 2.99. The molecule has 0 heterocycles. The van der Waals surface area contributed by atoms with Gasteiger partial charge in [-0.2, -0.15) is 0 Å². The monoisotopic (exact) mass is 297 g/mol. The van der Waals surface area contributed by atoms with E-state index in [1.807, 2.05) is 12.1 Å². The highest BCUT2D eigenvalue weighted by Gasteiger charge is 2.51. The number of nitrogens with one attached hydrogen (secondary N) is 1. The van der Waals surface area contributed by atoms with Crippen molar-refractivity contribution in [3.8, 4) is 0 Å². The van der Waals surface area contributed by atoms with Gasteiger partial charge in [0.1, 0.15) is 0 Å². The molecule has 1 aromatic carbocycles. The van der Waals surface area contributed by atoms with Crippen LogP contribution in [0.2, 0.25) is 0 Å². The van der Waals surface area contributed by atoms with Crippen LogP contribution < -0.4 is 5.32 Å². The Hall–Kier alpha value is -1.31. The average molecular weight is 297 g/mol. The second-order valence-electron chi connectivity index (χ2n) is 8.20. The van der Waals surface area contributed by atoms with Crippen molar-refractivity contribution in [1.82, 2.24) is 0 Å². The van der Waals surface area contributed by atoms with Crippen LogP contribution in [0.1, 0.15) is 57.4 Å². The molecule has 0 saturated heterocycles. The minimum Gasteiger partial charge on any atom is -0.326 e. The van der Waals surface area contributed by atoms with E-state index in [-0.39, 0.29) is 5.91 Å². The number of benzene rings is 1. The SMILES string of the molecule is CCc1cccc(NC(=O)CC23CC4CC(CC(C4)C2)C3)c1. The van der Waals surface area contributed by atoms with Crippen LogP contribution in [0.4, 0.5) is 5.69 Å². The summed E-state index contributed by atoms with van der Waals surface area (Å²) in [7, 11) is 0. The number of aryl methyl sites for hydroxylation is 1. The van der Waals surface area contributed by atoms with E-state index in [0.717, 1.165) is 36.3 Å². The van der Waals surface area contributed by atoms with Crippen LogP contribution in [0.15, 0.2) is 24.3 Å². The van der Waals surface area contributed by atoms with Crippen molar-refractivity contribution in [1.29, 1.82) is 0 Å². The first-order chi connectivity index (χ1) is 10.6. The third-order valence-electron chi connectivity index (χ3n) is 6.32. The molecule has 2 heteroatoms. The van der Waals surface area contributed by atoms with Crippen LogP contribution >= 0.6 is 0 Å². The van der Waals surface area contributed by atoms with E-state index in [0.29, 0.717) is 5.41 Å². The Labute approximate surface area is 133 Å². The lowest BCUT2D eigenvalue weighted by Gasteiger charge is -2.56. The molecule has 2 nitrogen and oxygen atoms in total. The van der Waals surface area contributed by atoms with Gasteiger partial charge >= 0.3 is 0 Å². The fourth-order valence-corrected chi connectivity index (χ4v) is 5.92. The number of amides is 1. The molecule has 4 fully saturated rings. The molecule has 0 aromatic heterocycles. The molecule has 5 rings (SSSR count). The third-order valence-corrected chi connectivity index (χ3v) is 6.32. The lowest BCUT2D eigenvalue weighted by Crippen LogP contribution is -2.47. The first-order valence-electron chi connectivity index (χ1n) is 9.03. The number of carbonyl (C=O) groups excluding carboxylic acids is 1. The van der Waals surface area contributed by atoms with Crippen molar-refractivity contribution >= 4 is 11.6 Å². The van der Waals surface area contributed by atoms with Gasteiger partial charge in [0.15, 0.2) is 0 Å². The van der Waals surface area contributed by atoms with Crippen molar-refractivity contribution in [2.75, 3.05) is 5.32 Å². The van der Waals surface area contributed by atoms with Crippen molar-refractivity contribution in [3.63, 3.8) is 0 Å². The molecule has 4 saturated carbocycles. The van der Waals surface area contributed by atoms with Crippen LogP contribution in [-0.2, 0) is 11.2 Å². The second-order valence-corrected chi connectivity index (χ2v) is 8.20. The predicted octanol–water partition coefficient (Wildman–Crippen LogP) is 4.79. The molecule has 1 N–H and O–H groups in total. The van der Waals surface area contributed by atoms with Gasteiger partial charge in [-0.05, 0) is 85.8 Å². The fourth-order valence-electron chi connectivity index (χ4n) is 5.92. The summed E-state index contributed by atoms with van der Waals surface area (Å²) in [5, 5.41) is 3.15. The number of rotatable bonds is 4. The molecule has 4 aliphatic carbocycles. The van der Waals surface area contributed by atoms with Crippen LogP contribution in [0, 0.1) is 23.2 Å². The molecule has 118 valence electrons. The van der Waals surface area contributed by atoms with Gasteiger partial charge in [0.05, 0.1) is 0 Å². The zero-order chi connectivity index (χ0) is 15.2. The maximum absolute atomic E-state index is 12.6. The van der Waals surface area contributed by atoms with Gasteiger partial charge in [0.2, 0.25) is 5.91 Å². The molecule has 4 aliphatic rings. The van der Waals surface area contributed by atoms with Gasteiger partial charge in [-0.1, -0.05) is 19.1 Å². The molecule has 0 radical (unpaired) electrons. The van der Waals surface area contributed by atoms with E-state index in [9.17, 15) is 4.79 Å². The standard InChI is InChI=1S/C20H27NO/c1-2-14-4-3-5-18(9-14)21-19(22)13-20-10-15-6-16(11-20)8-17(7-15)12-20/h3-5,9,15-17H,2,6-8,10-13H2,1H3,(H,21,22). The topological polar surface area (TPSA) is 29.1 Å². The van der Waals surface area contributed by atoms with E-state index in [1.165, 1.54) is 44.1 Å². The first kappa shape index (κ1) is 14.3. The van der Waals surface area contributed by atoms with Crippen molar-refractivity contribution in [3.05, 3.63) is 29.8 Å². The summed E-state index contributed by atoms with van der Waals surface area (Å²) < 4.78 is 0. The minimum atomic E-state index is 0.232. The minimum absolute atomic E-state index is 0.232. The molecular formula is C20H27NO. The lowest BCUT2D eigenvalue weighted by atomic mass is 9.49. The highest BCUT2D eigenvalue weighted by molar-refractivity contribution is 5.91. The van der Waals surface area contributed by atoms with Gasteiger partial charge in [0.25, 0.3) is 0 Å². The lowest BCUT2D eigenvalue weighted by molar-refractivity contribution is -0.124. The molecule has 1 amide bonds. The van der Waals surface area contributed by atoms with Crippen LogP contribution in [-0.4, -0.2) is 5.91 Å². The number of anilines is 1. The summed E-state index contributed by atoms with van der Waals surface area (Å²) in [5.41, 5.74) is 2.59. The van der Waals surface area contributed by atoms with Crippen molar-refractivity contribution < 1.29 is 4.79 Å². The maximum Gasteiger partial charge on any atom is 0.224 e. The zero-order valence-electron chi connectivity index (χ0n) is 13.6. The Kier molecular flexibility index (Phi) is 3.51. The Morgan fingerprint density at radius 1 is 1.14 bits per heavy atom. The fraction of sp³-hybridized carbons (Fsp3) is 0.650. The van der Waals surface area contributed by atoms with Crippen LogP contribution in [0.5, 0.6) is 0 Å². The van der Waals surface area contributed by atoms with Gasteiger partial charge in [-0.3, -0.25) is 4.79 Å². The molecule has 0 unspecified atom stereocenters. The smallest absolute Gasteiger partial charge is 0.224 e. The van der Waals surface area contributed by atoms with Crippen LogP contribution in [0.3, 0.4) is 0 Å².